The molecule has 0 aliphatic heterocycles. The Labute approximate surface area is 179 Å². The van der Waals surface area contributed by atoms with Gasteiger partial charge in [-0.15, -0.1) is 22.0 Å². The fourth-order valence-corrected chi connectivity index (χ4v) is 3.59. The van der Waals surface area contributed by atoms with Crippen molar-refractivity contribution in [1.82, 2.24) is 20.1 Å². The minimum absolute atomic E-state index is 0.506. The molecule has 0 bridgehead atoms. The third kappa shape index (κ3) is 5.40. The lowest BCUT2D eigenvalue weighted by Gasteiger charge is -2.10. The molecule has 0 radical (unpaired) electrons. The Morgan fingerprint density at radius 1 is 0.933 bits per heavy atom. The van der Waals surface area contributed by atoms with Gasteiger partial charge < -0.3 is 18.5 Å². The van der Waals surface area contributed by atoms with Gasteiger partial charge in [-0.25, -0.2) is 4.98 Å². The second-order valence-electron chi connectivity index (χ2n) is 7.10. The molecule has 4 rings (SSSR count). The minimum atomic E-state index is 0.506. The van der Waals surface area contributed by atoms with E-state index in [0.717, 1.165) is 35.4 Å². The van der Waals surface area contributed by atoms with Crippen LogP contribution in [0.5, 0.6) is 5.75 Å². The van der Waals surface area contributed by atoms with E-state index in [0.29, 0.717) is 35.8 Å². The fourth-order valence-electron chi connectivity index (χ4n) is 2.90. The third-order valence-corrected chi connectivity index (χ3v) is 5.28. The molecule has 0 fully saturated rings. The monoisotopic (exact) mass is 424 g/mol. The van der Waals surface area contributed by atoms with Crippen LogP contribution in [-0.4, -0.2) is 47.3 Å². The Hall–Kier alpha value is -2.84. The van der Waals surface area contributed by atoms with Crippen LogP contribution in [0.1, 0.15) is 18.2 Å². The molecule has 2 aromatic carbocycles. The van der Waals surface area contributed by atoms with Crippen LogP contribution in [-0.2, 0) is 11.5 Å². The molecule has 156 valence electrons. The molecule has 4 aromatic rings. The van der Waals surface area contributed by atoms with E-state index >= 15 is 0 Å². The Kier molecular flexibility index (Phi) is 6.66. The SMILES string of the molecule is CN(C)CCCOc1ccc(-c2nnc(CSCc3nc4ccccc4o3)o2)cc1. The number of rotatable bonds is 10. The molecule has 2 aromatic heterocycles. The van der Waals surface area contributed by atoms with Gasteiger partial charge in [0.2, 0.25) is 17.7 Å². The second-order valence-corrected chi connectivity index (χ2v) is 8.08. The average molecular weight is 425 g/mol. The standard InChI is InChI=1S/C22H24N4O3S/c1-26(2)12-5-13-27-17-10-8-16(9-11-17)22-25-24-21(29-22)15-30-14-20-23-18-6-3-4-7-19(18)28-20/h3-4,6-11H,5,12-15H2,1-2H3. The molecule has 0 amide bonds. The number of fused-ring (bicyclic) bond motifs is 1. The summed E-state index contributed by atoms with van der Waals surface area (Å²) in [6.07, 6.45) is 0.989. The van der Waals surface area contributed by atoms with Crippen LogP contribution in [0.2, 0.25) is 0 Å². The molecular weight excluding hydrogens is 400 g/mol. The molecular formula is C22H24N4O3S. The summed E-state index contributed by atoms with van der Waals surface area (Å²) in [5.41, 5.74) is 2.55. The number of para-hydroxylation sites is 2. The van der Waals surface area contributed by atoms with Crippen LogP contribution in [0.15, 0.2) is 57.4 Å². The molecule has 7 nitrogen and oxygen atoms in total. The first kappa shape index (κ1) is 20.4. The van der Waals surface area contributed by atoms with Gasteiger partial charge in [-0.3, -0.25) is 0 Å². The van der Waals surface area contributed by atoms with Gasteiger partial charge in [0.25, 0.3) is 0 Å². The molecule has 8 heteroatoms. The zero-order valence-electron chi connectivity index (χ0n) is 17.1. The lowest BCUT2D eigenvalue weighted by atomic mass is 10.2. The van der Waals surface area contributed by atoms with Crippen LogP contribution < -0.4 is 4.74 Å². The fraction of sp³-hybridized carbons (Fsp3) is 0.318. The van der Waals surface area contributed by atoms with E-state index in [1.165, 1.54) is 0 Å². The first-order valence-electron chi connectivity index (χ1n) is 9.80. The second kappa shape index (κ2) is 9.77. The molecule has 0 aliphatic rings. The lowest BCUT2D eigenvalue weighted by molar-refractivity contribution is 0.281. The summed E-state index contributed by atoms with van der Waals surface area (Å²) in [4.78, 5) is 6.62. The summed E-state index contributed by atoms with van der Waals surface area (Å²) in [7, 11) is 4.11. The van der Waals surface area contributed by atoms with Gasteiger partial charge in [-0.05, 0) is 56.9 Å². The van der Waals surface area contributed by atoms with E-state index in [9.17, 15) is 0 Å². The Bertz CT molecular complexity index is 1040. The minimum Gasteiger partial charge on any atom is -0.494 e. The van der Waals surface area contributed by atoms with Gasteiger partial charge in [0.1, 0.15) is 11.3 Å². The number of ether oxygens (including phenoxy) is 1. The Morgan fingerprint density at radius 3 is 2.53 bits per heavy atom. The van der Waals surface area contributed by atoms with Gasteiger partial charge >= 0.3 is 0 Å². The highest BCUT2D eigenvalue weighted by Gasteiger charge is 2.10. The van der Waals surface area contributed by atoms with E-state index in [2.05, 4.69) is 34.2 Å². The van der Waals surface area contributed by atoms with Crippen molar-refractivity contribution in [2.75, 3.05) is 27.2 Å². The van der Waals surface area contributed by atoms with E-state index in [4.69, 9.17) is 13.6 Å². The first-order valence-corrected chi connectivity index (χ1v) is 11.0. The molecule has 0 atom stereocenters. The van der Waals surface area contributed by atoms with Crippen molar-refractivity contribution in [3.63, 3.8) is 0 Å². The van der Waals surface area contributed by atoms with Crippen LogP contribution in [0, 0.1) is 0 Å². The molecule has 0 spiro atoms. The van der Waals surface area contributed by atoms with Crippen LogP contribution in [0.4, 0.5) is 0 Å². The summed E-state index contributed by atoms with van der Waals surface area (Å²) < 4.78 is 17.3. The van der Waals surface area contributed by atoms with Crippen LogP contribution in [0.25, 0.3) is 22.6 Å². The summed E-state index contributed by atoms with van der Waals surface area (Å²) >= 11 is 1.62. The number of hydrogen-bond donors (Lipinski definition) is 0. The van der Waals surface area contributed by atoms with Crippen LogP contribution in [0.3, 0.4) is 0 Å². The van der Waals surface area contributed by atoms with Gasteiger partial charge in [-0.1, -0.05) is 12.1 Å². The maximum absolute atomic E-state index is 5.79. The number of hydrogen-bond acceptors (Lipinski definition) is 8. The number of thioether (sulfide) groups is 1. The maximum atomic E-state index is 5.79. The van der Waals surface area contributed by atoms with E-state index in [1.54, 1.807) is 11.8 Å². The summed E-state index contributed by atoms with van der Waals surface area (Å²) in [6.45, 7) is 1.70. The van der Waals surface area contributed by atoms with Crippen molar-refractivity contribution in [1.29, 1.82) is 0 Å². The van der Waals surface area contributed by atoms with Gasteiger partial charge in [0.05, 0.1) is 18.1 Å². The molecule has 0 saturated carbocycles. The number of benzene rings is 2. The highest BCUT2D eigenvalue weighted by molar-refractivity contribution is 7.97. The lowest BCUT2D eigenvalue weighted by Crippen LogP contribution is -2.15. The largest absolute Gasteiger partial charge is 0.494 e. The topological polar surface area (TPSA) is 77.4 Å². The molecule has 2 heterocycles. The predicted molar refractivity (Wildman–Crippen MR) is 117 cm³/mol. The quantitative estimate of drug-likeness (QED) is 0.341. The predicted octanol–water partition coefficient (Wildman–Crippen LogP) is 4.64. The van der Waals surface area contributed by atoms with Gasteiger partial charge in [-0.2, -0.15) is 0 Å². The summed E-state index contributed by atoms with van der Waals surface area (Å²) in [6, 6.07) is 15.5. The van der Waals surface area contributed by atoms with Crippen molar-refractivity contribution >= 4 is 22.9 Å². The van der Waals surface area contributed by atoms with Crippen molar-refractivity contribution in [2.24, 2.45) is 0 Å². The van der Waals surface area contributed by atoms with E-state index in [-0.39, 0.29) is 0 Å². The van der Waals surface area contributed by atoms with Crippen molar-refractivity contribution in [3.05, 3.63) is 60.3 Å². The average Bonchev–Trinajstić information content (AvgIpc) is 3.38. The number of oxazole rings is 1. The first-order chi connectivity index (χ1) is 14.7. The molecule has 0 aliphatic carbocycles. The van der Waals surface area contributed by atoms with Crippen LogP contribution >= 0.6 is 11.8 Å². The summed E-state index contributed by atoms with van der Waals surface area (Å²) in [5.74, 6) is 3.86. The Balaban J connectivity index is 1.27. The molecule has 0 saturated heterocycles. The normalized spacial score (nSPS) is 11.4. The smallest absolute Gasteiger partial charge is 0.247 e. The highest BCUT2D eigenvalue weighted by atomic mass is 32.2. The van der Waals surface area contributed by atoms with E-state index < -0.39 is 0 Å². The Morgan fingerprint density at radius 2 is 1.73 bits per heavy atom. The van der Waals surface area contributed by atoms with Crippen molar-refractivity contribution in [3.8, 4) is 17.2 Å². The van der Waals surface area contributed by atoms with Gasteiger partial charge in [0.15, 0.2) is 5.58 Å². The number of aromatic nitrogens is 3. The summed E-state index contributed by atoms with van der Waals surface area (Å²) in [5, 5.41) is 8.30. The highest BCUT2D eigenvalue weighted by Crippen LogP contribution is 2.24. The van der Waals surface area contributed by atoms with Gasteiger partial charge in [0, 0.05) is 12.1 Å². The third-order valence-electron chi connectivity index (χ3n) is 4.38. The zero-order valence-corrected chi connectivity index (χ0v) is 17.9. The zero-order chi connectivity index (χ0) is 20.8. The van der Waals surface area contributed by atoms with E-state index in [1.807, 2.05) is 48.5 Å². The molecule has 0 N–H and O–H groups in total. The van der Waals surface area contributed by atoms with Crippen molar-refractivity contribution < 1.29 is 13.6 Å². The number of nitrogens with zero attached hydrogens (tertiary/aromatic N) is 4. The molecule has 30 heavy (non-hydrogen) atoms. The maximum Gasteiger partial charge on any atom is 0.247 e. The van der Waals surface area contributed by atoms with Crippen molar-refractivity contribution in [2.45, 2.75) is 17.9 Å². The molecule has 0 unspecified atom stereocenters.